The maximum absolute atomic E-state index is 4.52. The van der Waals surface area contributed by atoms with Gasteiger partial charge in [0.15, 0.2) is 0 Å². The predicted octanol–water partition coefficient (Wildman–Crippen LogP) is 4.64. The SMILES string of the molecule is CC(C)Sc1ccc(-c2[nH]cnc2-c2ccccc2)cn1. The van der Waals surface area contributed by atoms with Crippen LogP contribution >= 0.6 is 11.8 Å². The van der Waals surface area contributed by atoms with Crippen LogP contribution in [0.5, 0.6) is 0 Å². The summed E-state index contributed by atoms with van der Waals surface area (Å²) in [7, 11) is 0. The first-order chi connectivity index (χ1) is 10.2. The smallest absolute Gasteiger partial charge is 0.0962 e. The first kappa shape index (κ1) is 13.9. The largest absolute Gasteiger partial charge is 0.344 e. The summed E-state index contributed by atoms with van der Waals surface area (Å²) in [5.41, 5.74) is 4.13. The molecule has 0 saturated carbocycles. The first-order valence-electron chi connectivity index (χ1n) is 6.96. The highest BCUT2D eigenvalue weighted by Crippen LogP contribution is 2.29. The molecule has 4 heteroatoms. The molecular weight excluding hydrogens is 278 g/mol. The molecule has 0 aliphatic rings. The van der Waals surface area contributed by atoms with Gasteiger partial charge in [0.1, 0.15) is 0 Å². The van der Waals surface area contributed by atoms with Crippen LogP contribution in [-0.2, 0) is 0 Å². The van der Waals surface area contributed by atoms with Gasteiger partial charge in [0.05, 0.1) is 22.7 Å². The molecule has 0 fully saturated rings. The maximum atomic E-state index is 4.52. The number of hydrogen-bond acceptors (Lipinski definition) is 3. The quantitative estimate of drug-likeness (QED) is 0.713. The number of hydrogen-bond donors (Lipinski definition) is 1. The van der Waals surface area contributed by atoms with Crippen molar-refractivity contribution in [1.29, 1.82) is 0 Å². The second-order valence-corrected chi connectivity index (χ2v) is 6.64. The summed E-state index contributed by atoms with van der Waals surface area (Å²) < 4.78 is 0. The van der Waals surface area contributed by atoms with E-state index in [1.54, 1.807) is 18.1 Å². The second-order valence-electron chi connectivity index (χ2n) is 5.04. The minimum absolute atomic E-state index is 0.537. The van der Waals surface area contributed by atoms with Crippen molar-refractivity contribution in [3.05, 3.63) is 55.0 Å². The summed E-state index contributed by atoms with van der Waals surface area (Å²) in [6, 6.07) is 14.3. The number of aromatic nitrogens is 3. The summed E-state index contributed by atoms with van der Waals surface area (Å²) >= 11 is 1.77. The summed E-state index contributed by atoms with van der Waals surface area (Å²) in [6.45, 7) is 4.34. The Morgan fingerprint density at radius 3 is 2.43 bits per heavy atom. The lowest BCUT2D eigenvalue weighted by atomic mass is 10.1. The molecule has 0 bridgehead atoms. The van der Waals surface area contributed by atoms with Crippen molar-refractivity contribution in [2.45, 2.75) is 24.1 Å². The van der Waals surface area contributed by atoms with Crippen molar-refractivity contribution in [2.75, 3.05) is 0 Å². The van der Waals surface area contributed by atoms with Crippen LogP contribution in [0, 0.1) is 0 Å². The standard InChI is InChI=1S/C17H17N3S/c1-12(2)21-15-9-8-14(10-18-15)17-16(19-11-20-17)13-6-4-3-5-7-13/h3-12H,1-2H3,(H,19,20). The van der Waals surface area contributed by atoms with E-state index in [1.807, 2.05) is 24.4 Å². The minimum atomic E-state index is 0.537. The van der Waals surface area contributed by atoms with Crippen molar-refractivity contribution < 1.29 is 0 Å². The van der Waals surface area contributed by atoms with E-state index in [0.29, 0.717) is 5.25 Å². The molecule has 0 radical (unpaired) electrons. The fourth-order valence-electron chi connectivity index (χ4n) is 2.17. The van der Waals surface area contributed by atoms with E-state index in [0.717, 1.165) is 27.5 Å². The zero-order valence-electron chi connectivity index (χ0n) is 12.1. The molecular formula is C17H17N3S. The van der Waals surface area contributed by atoms with Crippen LogP contribution in [0.1, 0.15) is 13.8 Å². The highest BCUT2D eigenvalue weighted by Gasteiger charge is 2.10. The van der Waals surface area contributed by atoms with Gasteiger partial charge in [-0.25, -0.2) is 9.97 Å². The third-order valence-corrected chi connectivity index (χ3v) is 4.02. The van der Waals surface area contributed by atoms with Crippen LogP contribution < -0.4 is 0 Å². The minimum Gasteiger partial charge on any atom is -0.344 e. The molecule has 0 aliphatic heterocycles. The predicted molar refractivity (Wildman–Crippen MR) is 88.2 cm³/mol. The molecule has 1 aromatic carbocycles. The second kappa shape index (κ2) is 6.14. The fourth-order valence-corrected chi connectivity index (χ4v) is 2.91. The lowest BCUT2D eigenvalue weighted by molar-refractivity contribution is 1.07. The average molecular weight is 295 g/mol. The third-order valence-electron chi connectivity index (χ3n) is 3.07. The van der Waals surface area contributed by atoms with Crippen LogP contribution in [0.4, 0.5) is 0 Å². The molecule has 1 N–H and O–H groups in total. The molecule has 0 spiro atoms. The van der Waals surface area contributed by atoms with Gasteiger partial charge in [-0.2, -0.15) is 0 Å². The van der Waals surface area contributed by atoms with Crippen molar-refractivity contribution in [3.8, 4) is 22.5 Å². The fraction of sp³-hybridized carbons (Fsp3) is 0.176. The van der Waals surface area contributed by atoms with E-state index >= 15 is 0 Å². The Morgan fingerprint density at radius 2 is 1.76 bits per heavy atom. The molecule has 0 atom stereocenters. The van der Waals surface area contributed by atoms with Crippen molar-refractivity contribution >= 4 is 11.8 Å². The van der Waals surface area contributed by atoms with E-state index < -0.39 is 0 Å². The molecule has 0 aliphatic carbocycles. The molecule has 21 heavy (non-hydrogen) atoms. The van der Waals surface area contributed by atoms with Gasteiger partial charge in [0, 0.05) is 22.6 Å². The molecule has 3 aromatic rings. The number of H-pyrrole nitrogens is 1. The van der Waals surface area contributed by atoms with Crippen molar-refractivity contribution in [1.82, 2.24) is 15.0 Å². The molecule has 3 rings (SSSR count). The summed E-state index contributed by atoms with van der Waals surface area (Å²) in [4.78, 5) is 12.2. The normalized spacial score (nSPS) is 11.0. The number of nitrogens with one attached hydrogen (secondary N) is 1. The zero-order chi connectivity index (χ0) is 14.7. The van der Waals surface area contributed by atoms with Crippen LogP contribution in [0.15, 0.2) is 60.0 Å². The monoisotopic (exact) mass is 295 g/mol. The van der Waals surface area contributed by atoms with E-state index in [2.05, 4.69) is 53.1 Å². The molecule has 106 valence electrons. The van der Waals surface area contributed by atoms with Gasteiger partial charge in [-0.1, -0.05) is 44.2 Å². The number of thioether (sulfide) groups is 1. The number of aromatic amines is 1. The number of benzene rings is 1. The molecule has 2 aromatic heterocycles. The third kappa shape index (κ3) is 3.16. The highest BCUT2D eigenvalue weighted by atomic mass is 32.2. The Balaban J connectivity index is 1.93. The van der Waals surface area contributed by atoms with Crippen LogP contribution in [0.3, 0.4) is 0 Å². The van der Waals surface area contributed by atoms with Crippen LogP contribution in [0.2, 0.25) is 0 Å². The molecule has 0 unspecified atom stereocenters. The Kier molecular flexibility index (Phi) is 4.06. The highest BCUT2D eigenvalue weighted by molar-refractivity contribution is 7.99. The Labute approximate surface area is 128 Å². The molecule has 2 heterocycles. The van der Waals surface area contributed by atoms with Crippen LogP contribution in [0.25, 0.3) is 22.5 Å². The van der Waals surface area contributed by atoms with Gasteiger partial charge in [0.25, 0.3) is 0 Å². The maximum Gasteiger partial charge on any atom is 0.0962 e. The number of imidazole rings is 1. The van der Waals surface area contributed by atoms with Gasteiger partial charge >= 0.3 is 0 Å². The summed E-state index contributed by atoms with van der Waals surface area (Å²) in [5, 5.41) is 1.59. The van der Waals surface area contributed by atoms with Crippen molar-refractivity contribution in [3.63, 3.8) is 0 Å². The molecule has 0 amide bonds. The van der Waals surface area contributed by atoms with Gasteiger partial charge in [-0.05, 0) is 12.1 Å². The number of pyridine rings is 1. The summed E-state index contributed by atoms with van der Waals surface area (Å²) in [5.74, 6) is 0. The number of nitrogens with zero attached hydrogens (tertiary/aromatic N) is 2. The zero-order valence-corrected chi connectivity index (χ0v) is 12.9. The lowest BCUT2D eigenvalue weighted by Crippen LogP contribution is -1.90. The van der Waals surface area contributed by atoms with Gasteiger partial charge in [-0.3, -0.25) is 0 Å². The Morgan fingerprint density at radius 1 is 0.952 bits per heavy atom. The number of rotatable bonds is 4. The van der Waals surface area contributed by atoms with Crippen LogP contribution in [-0.4, -0.2) is 20.2 Å². The van der Waals surface area contributed by atoms with E-state index in [4.69, 9.17) is 0 Å². The van der Waals surface area contributed by atoms with E-state index in [-0.39, 0.29) is 0 Å². The average Bonchev–Trinajstić information content (AvgIpc) is 2.98. The van der Waals surface area contributed by atoms with Crippen molar-refractivity contribution in [2.24, 2.45) is 0 Å². The van der Waals surface area contributed by atoms with Gasteiger partial charge < -0.3 is 4.98 Å². The topological polar surface area (TPSA) is 41.6 Å². The first-order valence-corrected chi connectivity index (χ1v) is 7.84. The lowest BCUT2D eigenvalue weighted by Gasteiger charge is -2.06. The molecule has 3 nitrogen and oxygen atoms in total. The Hall–Kier alpha value is -2.07. The van der Waals surface area contributed by atoms with E-state index in [1.165, 1.54) is 0 Å². The molecule has 0 saturated heterocycles. The van der Waals surface area contributed by atoms with Gasteiger partial charge in [-0.15, -0.1) is 11.8 Å². The van der Waals surface area contributed by atoms with E-state index in [9.17, 15) is 0 Å². The summed E-state index contributed by atoms with van der Waals surface area (Å²) in [6.07, 6.45) is 3.64. The van der Waals surface area contributed by atoms with Gasteiger partial charge in [0.2, 0.25) is 0 Å². The Bertz CT molecular complexity index is 702.